The fourth-order valence-corrected chi connectivity index (χ4v) is 17.8. The van der Waals surface area contributed by atoms with Gasteiger partial charge in [0, 0.05) is 0 Å². The van der Waals surface area contributed by atoms with E-state index in [9.17, 15) is 0 Å². The molecule has 0 N–H and O–H groups in total. The fraction of sp³-hybridized carbons (Fsp3) is 0.412. The summed E-state index contributed by atoms with van der Waals surface area (Å²) in [4.78, 5) is 0. The van der Waals surface area contributed by atoms with E-state index in [1.165, 1.54) is 75.3 Å². The first-order valence-corrected chi connectivity index (χ1v) is 18.7. The Kier molecular flexibility index (Phi) is 9.75. The van der Waals surface area contributed by atoms with Gasteiger partial charge in [0.05, 0.1) is 0 Å². The largest absolute Gasteiger partial charge is 1.00 e. The Morgan fingerprint density at radius 3 is 1.55 bits per heavy atom. The zero-order valence-electron chi connectivity index (χ0n) is 22.1. The summed E-state index contributed by atoms with van der Waals surface area (Å²) >= 11 is -0.858. The summed E-state index contributed by atoms with van der Waals surface area (Å²) in [6, 6.07) is 28.3. The van der Waals surface area contributed by atoms with Crippen LogP contribution in [0.2, 0.25) is 0 Å². The van der Waals surface area contributed by atoms with Gasteiger partial charge in [-0.1, -0.05) is 0 Å². The molecule has 0 nitrogen and oxygen atoms in total. The van der Waals surface area contributed by atoms with Crippen molar-refractivity contribution in [2.45, 2.75) is 82.8 Å². The molecule has 2 saturated carbocycles. The van der Waals surface area contributed by atoms with Crippen LogP contribution in [-0.2, 0) is 23.2 Å². The summed E-state index contributed by atoms with van der Waals surface area (Å²) in [5.41, 5.74) is 11.5. The van der Waals surface area contributed by atoms with Crippen LogP contribution in [0.3, 0.4) is 0 Å². The van der Waals surface area contributed by atoms with Gasteiger partial charge in [-0.3, -0.25) is 0 Å². The van der Waals surface area contributed by atoms with Crippen molar-refractivity contribution in [3.8, 4) is 11.1 Å². The van der Waals surface area contributed by atoms with Crippen molar-refractivity contribution < 1.29 is 48.0 Å². The van der Waals surface area contributed by atoms with Gasteiger partial charge in [0.25, 0.3) is 0 Å². The summed E-state index contributed by atoms with van der Waals surface area (Å²) in [6.07, 6.45) is 17.6. The Labute approximate surface area is 254 Å². The second-order valence-corrected chi connectivity index (χ2v) is 17.8. The third-order valence-electron chi connectivity index (χ3n) is 9.31. The molecule has 1 unspecified atom stereocenters. The SMILES string of the molecule is C1=C(P(C2CCCCC2)C2CCCCC2)[CH]([Zr+2][CH]2c3ccccc3-c3ccccc32)c2ccccc21.[Cl-].[Cl-]. The molecule has 0 aliphatic heterocycles. The van der Waals surface area contributed by atoms with Crippen molar-refractivity contribution in [3.63, 3.8) is 0 Å². The third kappa shape index (κ3) is 5.32. The van der Waals surface area contributed by atoms with Crippen LogP contribution in [-0.4, -0.2) is 11.3 Å². The molecule has 7 rings (SSSR count). The molecule has 38 heavy (non-hydrogen) atoms. The number of allylic oxidation sites excluding steroid dienone is 1. The molecule has 4 aliphatic carbocycles. The topological polar surface area (TPSA) is 0 Å². The summed E-state index contributed by atoms with van der Waals surface area (Å²) in [7, 11) is -0.0350. The van der Waals surface area contributed by atoms with Crippen LogP contribution < -0.4 is 24.8 Å². The summed E-state index contributed by atoms with van der Waals surface area (Å²) in [6.45, 7) is 0. The van der Waals surface area contributed by atoms with Gasteiger partial charge in [-0.15, -0.1) is 0 Å². The maximum absolute atomic E-state index is 2.75. The molecular weight excluding hydrogens is 601 g/mol. The maximum atomic E-state index is 2.75. The van der Waals surface area contributed by atoms with Crippen LogP contribution in [0.15, 0.2) is 78.1 Å². The zero-order valence-corrected chi connectivity index (χ0v) is 27.0. The molecular formula is C34H37Cl2PZr. The third-order valence-corrected chi connectivity index (χ3v) is 18.2. The molecule has 0 bridgehead atoms. The molecule has 0 aromatic heterocycles. The van der Waals surface area contributed by atoms with Crippen molar-refractivity contribution in [1.82, 2.24) is 0 Å². The van der Waals surface area contributed by atoms with E-state index in [-0.39, 0.29) is 32.7 Å². The molecule has 3 aromatic carbocycles. The van der Waals surface area contributed by atoms with E-state index in [2.05, 4.69) is 78.9 Å². The van der Waals surface area contributed by atoms with Gasteiger partial charge in [0.1, 0.15) is 0 Å². The van der Waals surface area contributed by atoms with E-state index in [4.69, 9.17) is 0 Å². The monoisotopic (exact) mass is 636 g/mol. The number of halogens is 2. The van der Waals surface area contributed by atoms with Crippen molar-refractivity contribution >= 4 is 14.0 Å². The minimum Gasteiger partial charge on any atom is -1.00 e. The molecule has 0 spiro atoms. The Balaban J connectivity index is 0.00000147. The van der Waals surface area contributed by atoms with Crippen LogP contribution >= 0.6 is 7.92 Å². The molecule has 0 amide bonds. The molecule has 0 heterocycles. The first-order valence-electron chi connectivity index (χ1n) is 14.4. The first kappa shape index (κ1) is 28.8. The Morgan fingerprint density at radius 1 is 0.526 bits per heavy atom. The van der Waals surface area contributed by atoms with Crippen molar-refractivity contribution in [1.29, 1.82) is 0 Å². The summed E-state index contributed by atoms with van der Waals surface area (Å²) in [5.74, 6) is 0. The molecule has 1 atom stereocenters. The van der Waals surface area contributed by atoms with E-state index >= 15 is 0 Å². The number of benzene rings is 3. The number of fused-ring (bicyclic) bond motifs is 4. The maximum Gasteiger partial charge on any atom is -1.00 e. The van der Waals surface area contributed by atoms with Gasteiger partial charge in [-0.2, -0.15) is 0 Å². The van der Waals surface area contributed by atoms with Crippen LogP contribution in [0.25, 0.3) is 17.2 Å². The van der Waals surface area contributed by atoms with Crippen LogP contribution in [0, 0.1) is 0 Å². The van der Waals surface area contributed by atoms with E-state index in [0.717, 1.165) is 14.9 Å². The number of hydrogen-bond donors (Lipinski definition) is 0. The molecule has 3 aromatic rings. The predicted molar refractivity (Wildman–Crippen MR) is 152 cm³/mol. The van der Waals surface area contributed by atoms with E-state index in [1.807, 2.05) is 5.31 Å². The quantitative estimate of drug-likeness (QED) is 0.370. The van der Waals surface area contributed by atoms with Crippen LogP contribution in [0.4, 0.5) is 0 Å². The average molecular weight is 639 g/mol. The second-order valence-electron chi connectivity index (χ2n) is 11.4. The van der Waals surface area contributed by atoms with E-state index < -0.39 is 23.2 Å². The van der Waals surface area contributed by atoms with Gasteiger partial charge < -0.3 is 24.8 Å². The van der Waals surface area contributed by atoms with Crippen molar-refractivity contribution in [3.05, 3.63) is 100 Å². The Bertz CT molecular complexity index is 1210. The van der Waals surface area contributed by atoms with E-state index in [0.29, 0.717) is 3.63 Å². The molecule has 196 valence electrons. The fourth-order valence-electron chi connectivity index (χ4n) is 7.65. The molecule has 0 radical (unpaired) electrons. The predicted octanol–water partition coefficient (Wildman–Crippen LogP) is 4.09. The first-order chi connectivity index (χ1) is 17.9. The Morgan fingerprint density at radius 2 is 1.00 bits per heavy atom. The normalized spacial score (nSPS) is 21.0. The van der Waals surface area contributed by atoms with Gasteiger partial charge in [-0.25, -0.2) is 0 Å². The molecule has 2 fully saturated rings. The molecule has 4 aliphatic rings. The average Bonchev–Trinajstić information content (AvgIpc) is 3.46. The van der Waals surface area contributed by atoms with E-state index in [1.54, 1.807) is 22.3 Å². The molecule has 4 heteroatoms. The number of rotatable bonds is 5. The van der Waals surface area contributed by atoms with Crippen molar-refractivity contribution in [2.24, 2.45) is 0 Å². The minimum atomic E-state index is -0.858. The van der Waals surface area contributed by atoms with Gasteiger partial charge in [0.2, 0.25) is 0 Å². The smallest absolute Gasteiger partial charge is 1.00 e. The summed E-state index contributed by atoms with van der Waals surface area (Å²) in [5, 5.41) is 1.96. The minimum absolute atomic E-state index is 0. The van der Waals surface area contributed by atoms with Crippen LogP contribution in [0.5, 0.6) is 0 Å². The van der Waals surface area contributed by atoms with Gasteiger partial charge in [-0.05, 0) is 0 Å². The molecule has 0 saturated heterocycles. The number of hydrogen-bond acceptors (Lipinski definition) is 0. The van der Waals surface area contributed by atoms with Gasteiger partial charge in [0.15, 0.2) is 0 Å². The second kappa shape index (κ2) is 12.9. The summed E-state index contributed by atoms with van der Waals surface area (Å²) < 4.78 is 1.43. The Hall–Kier alpha value is -0.707. The van der Waals surface area contributed by atoms with Gasteiger partial charge >= 0.3 is 232 Å². The zero-order chi connectivity index (χ0) is 23.9. The van der Waals surface area contributed by atoms with Crippen molar-refractivity contribution in [2.75, 3.05) is 0 Å². The standard InChI is InChI=1S/C21H28P.C13H9.2ClH.Zr/c1-3-11-19(12-4-1)22(20-13-5-2-6-14-20)21-15-17-9-7-8-10-18(17)16-21;1-3-7-12-10(5-1)9-11-6-2-4-8-13(11)12;;;/h7-10,15-16,19-20H,1-6,11-14H2;1-9H;2*1H;/q;;;;+2/p-2. The van der Waals surface area contributed by atoms with Crippen LogP contribution in [0.1, 0.15) is 93.7 Å².